The van der Waals surface area contributed by atoms with Gasteiger partial charge in [-0.15, -0.1) is 0 Å². The topological polar surface area (TPSA) is 12.0 Å². The van der Waals surface area contributed by atoms with Gasteiger partial charge in [-0.05, 0) is 53.0 Å². The first-order valence-corrected chi connectivity index (χ1v) is 7.71. The molecule has 2 aromatic carbocycles. The van der Waals surface area contributed by atoms with Crippen molar-refractivity contribution in [2.24, 2.45) is 0 Å². The largest absolute Gasteiger partial charge is 0.310 e. The molecule has 0 aromatic heterocycles. The molecule has 0 aliphatic rings. The van der Waals surface area contributed by atoms with E-state index in [-0.39, 0.29) is 11.9 Å². The molecule has 0 radical (unpaired) electrons. The van der Waals surface area contributed by atoms with Crippen LogP contribution in [0.1, 0.15) is 31.9 Å². The second-order valence-corrected chi connectivity index (χ2v) is 5.72. The van der Waals surface area contributed by atoms with Crippen LogP contribution in [0.25, 0.3) is 11.1 Å². The summed E-state index contributed by atoms with van der Waals surface area (Å²) in [7, 11) is 0. The fourth-order valence-corrected chi connectivity index (χ4v) is 2.67. The van der Waals surface area contributed by atoms with E-state index in [2.05, 4.69) is 41.2 Å². The van der Waals surface area contributed by atoms with Crippen molar-refractivity contribution in [1.29, 1.82) is 0 Å². The molecule has 2 aromatic rings. The first-order chi connectivity index (χ1) is 9.65. The van der Waals surface area contributed by atoms with Crippen molar-refractivity contribution >= 4 is 15.9 Å². The van der Waals surface area contributed by atoms with E-state index in [9.17, 15) is 4.39 Å². The summed E-state index contributed by atoms with van der Waals surface area (Å²) < 4.78 is 14.8. The van der Waals surface area contributed by atoms with Gasteiger partial charge in [0.25, 0.3) is 0 Å². The molecule has 0 fully saturated rings. The van der Waals surface area contributed by atoms with Crippen LogP contribution >= 0.6 is 15.9 Å². The molecule has 0 bridgehead atoms. The Morgan fingerprint density at radius 2 is 1.80 bits per heavy atom. The van der Waals surface area contributed by atoms with Gasteiger partial charge in [-0.1, -0.05) is 43.3 Å². The van der Waals surface area contributed by atoms with E-state index in [0.717, 1.165) is 24.1 Å². The monoisotopic (exact) mass is 335 g/mol. The summed E-state index contributed by atoms with van der Waals surface area (Å²) in [6.45, 7) is 5.21. The van der Waals surface area contributed by atoms with E-state index in [0.29, 0.717) is 10.0 Å². The van der Waals surface area contributed by atoms with Crippen LogP contribution in [0, 0.1) is 5.82 Å². The van der Waals surface area contributed by atoms with Crippen LogP contribution in [-0.4, -0.2) is 6.54 Å². The van der Waals surface area contributed by atoms with Gasteiger partial charge in [-0.25, -0.2) is 4.39 Å². The van der Waals surface area contributed by atoms with Gasteiger partial charge in [0.15, 0.2) is 0 Å². The summed E-state index contributed by atoms with van der Waals surface area (Å²) in [6.07, 6.45) is 1.08. The molecule has 0 spiro atoms. The minimum atomic E-state index is -0.206. The number of benzene rings is 2. The Bertz CT molecular complexity index is 583. The molecule has 2 rings (SSSR count). The highest BCUT2D eigenvalue weighted by molar-refractivity contribution is 9.10. The van der Waals surface area contributed by atoms with E-state index < -0.39 is 0 Å². The Morgan fingerprint density at radius 1 is 1.10 bits per heavy atom. The quantitative estimate of drug-likeness (QED) is 0.780. The van der Waals surface area contributed by atoms with E-state index in [4.69, 9.17) is 0 Å². The molecule has 1 unspecified atom stereocenters. The highest BCUT2D eigenvalue weighted by Gasteiger charge is 2.14. The molecular formula is C17H19BrFN. The van der Waals surface area contributed by atoms with Gasteiger partial charge >= 0.3 is 0 Å². The zero-order valence-electron chi connectivity index (χ0n) is 11.8. The summed E-state index contributed by atoms with van der Waals surface area (Å²) >= 11 is 3.26. The average Bonchev–Trinajstić information content (AvgIpc) is 2.47. The van der Waals surface area contributed by atoms with Crippen molar-refractivity contribution in [2.45, 2.75) is 26.3 Å². The zero-order valence-corrected chi connectivity index (χ0v) is 13.4. The lowest BCUT2D eigenvalue weighted by atomic mass is 9.95. The normalized spacial score (nSPS) is 12.4. The third-order valence-corrected chi connectivity index (χ3v) is 3.98. The molecule has 1 N–H and O–H groups in total. The molecule has 106 valence electrons. The van der Waals surface area contributed by atoms with Gasteiger partial charge in [0.1, 0.15) is 5.82 Å². The SMILES string of the molecule is CCCNC(C)c1ccccc1-c1cccc(Br)c1F. The zero-order chi connectivity index (χ0) is 14.5. The number of hydrogen-bond donors (Lipinski definition) is 1. The predicted molar refractivity (Wildman–Crippen MR) is 86.2 cm³/mol. The fraction of sp³-hybridized carbons (Fsp3) is 0.294. The fourth-order valence-electron chi connectivity index (χ4n) is 2.30. The van der Waals surface area contributed by atoms with E-state index in [1.807, 2.05) is 30.3 Å². The van der Waals surface area contributed by atoms with Crippen molar-refractivity contribution in [2.75, 3.05) is 6.54 Å². The Labute approximate surface area is 128 Å². The van der Waals surface area contributed by atoms with Crippen molar-refractivity contribution in [3.05, 3.63) is 58.3 Å². The maximum absolute atomic E-state index is 14.3. The van der Waals surface area contributed by atoms with E-state index in [1.165, 1.54) is 0 Å². The van der Waals surface area contributed by atoms with Crippen LogP contribution in [-0.2, 0) is 0 Å². The maximum Gasteiger partial charge on any atom is 0.145 e. The van der Waals surface area contributed by atoms with Gasteiger partial charge in [0.2, 0.25) is 0 Å². The lowest BCUT2D eigenvalue weighted by molar-refractivity contribution is 0.571. The summed E-state index contributed by atoms with van der Waals surface area (Å²) in [5.41, 5.74) is 2.71. The van der Waals surface area contributed by atoms with Crippen LogP contribution in [0.3, 0.4) is 0 Å². The summed E-state index contributed by atoms with van der Waals surface area (Å²) in [6, 6.07) is 13.6. The highest BCUT2D eigenvalue weighted by Crippen LogP contribution is 2.32. The Balaban J connectivity index is 2.44. The molecule has 0 amide bonds. The number of rotatable bonds is 5. The predicted octanol–water partition coefficient (Wildman–Crippen LogP) is 5.32. The smallest absolute Gasteiger partial charge is 0.145 e. The van der Waals surface area contributed by atoms with Crippen LogP contribution in [0.15, 0.2) is 46.9 Å². The Kier molecular flexibility index (Phi) is 5.32. The molecule has 0 saturated carbocycles. The van der Waals surface area contributed by atoms with Gasteiger partial charge in [-0.3, -0.25) is 0 Å². The lowest BCUT2D eigenvalue weighted by Gasteiger charge is -2.18. The molecule has 0 heterocycles. The number of hydrogen-bond acceptors (Lipinski definition) is 1. The van der Waals surface area contributed by atoms with Gasteiger partial charge in [0, 0.05) is 11.6 Å². The Morgan fingerprint density at radius 3 is 2.55 bits per heavy atom. The molecule has 1 nitrogen and oxygen atoms in total. The van der Waals surface area contributed by atoms with Crippen molar-refractivity contribution in [1.82, 2.24) is 5.32 Å². The minimum absolute atomic E-state index is 0.199. The molecule has 20 heavy (non-hydrogen) atoms. The molecule has 0 aliphatic carbocycles. The molecule has 1 atom stereocenters. The number of nitrogens with one attached hydrogen (secondary N) is 1. The third-order valence-electron chi connectivity index (χ3n) is 3.37. The number of halogens is 2. The first-order valence-electron chi connectivity index (χ1n) is 6.91. The van der Waals surface area contributed by atoms with Crippen LogP contribution in [0.4, 0.5) is 4.39 Å². The Hall–Kier alpha value is -1.19. The summed E-state index contributed by atoms with van der Waals surface area (Å²) in [5.74, 6) is -0.206. The maximum atomic E-state index is 14.3. The van der Waals surface area contributed by atoms with Gasteiger partial charge in [0.05, 0.1) is 4.47 Å². The lowest BCUT2D eigenvalue weighted by Crippen LogP contribution is -2.19. The second-order valence-electron chi connectivity index (χ2n) is 4.86. The molecular weight excluding hydrogens is 317 g/mol. The molecule has 3 heteroatoms. The molecule has 0 saturated heterocycles. The highest BCUT2D eigenvalue weighted by atomic mass is 79.9. The van der Waals surface area contributed by atoms with Gasteiger partial charge < -0.3 is 5.32 Å². The standard InChI is InChI=1S/C17H19BrFN/c1-3-11-20-12(2)13-7-4-5-8-14(13)15-9-6-10-16(18)17(15)19/h4-10,12,20H,3,11H2,1-2H3. The minimum Gasteiger partial charge on any atom is -0.310 e. The van der Waals surface area contributed by atoms with Gasteiger partial charge in [-0.2, -0.15) is 0 Å². The van der Waals surface area contributed by atoms with Crippen molar-refractivity contribution in [3.63, 3.8) is 0 Å². The van der Waals surface area contributed by atoms with E-state index in [1.54, 1.807) is 6.07 Å². The van der Waals surface area contributed by atoms with E-state index >= 15 is 0 Å². The van der Waals surface area contributed by atoms with Crippen LogP contribution < -0.4 is 5.32 Å². The first kappa shape index (κ1) is 15.2. The van der Waals surface area contributed by atoms with Crippen molar-refractivity contribution in [3.8, 4) is 11.1 Å². The van der Waals surface area contributed by atoms with Crippen molar-refractivity contribution < 1.29 is 4.39 Å². The molecule has 0 aliphatic heterocycles. The average molecular weight is 336 g/mol. The summed E-state index contributed by atoms with van der Waals surface area (Å²) in [4.78, 5) is 0. The van der Waals surface area contributed by atoms with Crippen LogP contribution in [0.5, 0.6) is 0 Å². The summed E-state index contributed by atoms with van der Waals surface area (Å²) in [5, 5.41) is 3.46. The second kappa shape index (κ2) is 7.00. The third kappa shape index (κ3) is 3.28. The van der Waals surface area contributed by atoms with Crippen LogP contribution in [0.2, 0.25) is 0 Å².